The second-order valence-electron chi connectivity index (χ2n) is 4.02. The topological polar surface area (TPSA) is 9.23 Å². The van der Waals surface area contributed by atoms with E-state index in [2.05, 4.69) is 30.4 Å². The molecule has 2 aromatic rings. The standard InChI is InChI=1S/C15H11ClOS/c1-17-13-6-4-10-2-3-11-8-12(16)5-7-14(11)18-15(10)9-13/h2-9H,1H3. The van der Waals surface area contributed by atoms with Crippen LogP contribution in [-0.4, -0.2) is 7.11 Å². The Kier molecular flexibility index (Phi) is 3.06. The summed E-state index contributed by atoms with van der Waals surface area (Å²) >= 11 is 7.77. The van der Waals surface area contributed by atoms with Gasteiger partial charge in [-0.25, -0.2) is 0 Å². The van der Waals surface area contributed by atoms with Crippen molar-refractivity contribution in [3.63, 3.8) is 0 Å². The summed E-state index contributed by atoms with van der Waals surface area (Å²) in [5, 5.41) is 0.766. The Labute approximate surface area is 115 Å². The van der Waals surface area contributed by atoms with Crippen molar-refractivity contribution in [2.24, 2.45) is 0 Å². The lowest BCUT2D eigenvalue weighted by Gasteiger charge is -2.07. The first kappa shape index (κ1) is 11.7. The summed E-state index contributed by atoms with van der Waals surface area (Å²) in [7, 11) is 1.69. The van der Waals surface area contributed by atoms with Crippen LogP contribution in [0.2, 0.25) is 5.02 Å². The van der Waals surface area contributed by atoms with Crippen molar-refractivity contribution in [1.82, 2.24) is 0 Å². The van der Waals surface area contributed by atoms with Crippen LogP contribution in [0.15, 0.2) is 46.2 Å². The summed E-state index contributed by atoms with van der Waals surface area (Å²) in [4.78, 5) is 2.41. The molecule has 0 N–H and O–H groups in total. The molecule has 3 rings (SSSR count). The van der Waals surface area contributed by atoms with Crippen molar-refractivity contribution in [2.75, 3.05) is 7.11 Å². The minimum Gasteiger partial charge on any atom is -0.497 e. The molecule has 0 bridgehead atoms. The number of hydrogen-bond donors (Lipinski definition) is 0. The number of methoxy groups -OCH3 is 1. The van der Waals surface area contributed by atoms with Crippen LogP contribution in [0, 0.1) is 0 Å². The first-order valence-electron chi connectivity index (χ1n) is 5.60. The van der Waals surface area contributed by atoms with E-state index in [-0.39, 0.29) is 0 Å². The second kappa shape index (κ2) is 4.71. The molecule has 0 aromatic heterocycles. The van der Waals surface area contributed by atoms with Gasteiger partial charge >= 0.3 is 0 Å². The lowest BCUT2D eigenvalue weighted by atomic mass is 10.1. The fourth-order valence-electron chi connectivity index (χ4n) is 1.91. The minimum absolute atomic E-state index is 0.766. The van der Waals surface area contributed by atoms with E-state index >= 15 is 0 Å². The molecule has 0 spiro atoms. The van der Waals surface area contributed by atoms with E-state index in [4.69, 9.17) is 16.3 Å². The molecule has 18 heavy (non-hydrogen) atoms. The van der Waals surface area contributed by atoms with E-state index in [1.54, 1.807) is 18.9 Å². The highest BCUT2D eigenvalue weighted by Crippen LogP contribution is 2.39. The van der Waals surface area contributed by atoms with E-state index in [1.165, 1.54) is 15.4 Å². The van der Waals surface area contributed by atoms with Crippen LogP contribution in [0.25, 0.3) is 12.2 Å². The predicted molar refractivity (Wildman–Crippen MR) is 77.5 cm³/mol. The third-order valence-corrected chi connectivity index (χ3v) is 4.26. The summed E-state index contributed by atoms with van der Waals surface area (Å²) in [6, 6.07) is 12.1. The van der Waals surface area contributed by atoms with E-state index in [0.717, 1.165) is 16.3 Å². The van der Waals surface area contributed by atoms with Crippen molar-refractivity contribution in [3.05, 3.63) is 52.5 Å². The molecular formula is C15H11ClOS. The lowest BCUT2D eigenvalue weighted by molar-refractivity contribution is 0.413. The van der Waals surface area contributed by atoms with Gasteiger partial charge in [-0.1, -0.05) is 41.6 Å². The van der Waals surface area contributed by atoms with Gasteiger partial charge < -0.3 is 4.74 Å². The Morgan fingerprint density at radius 2 is 1.78 bits per heavy atom. The maximum atomic E-state index is 6.03. The summed E-state index contributed by atoms with van der Waals surface area (Å²) in [5.74, 6) is 0.882. The number of ether oxygens (including phenoxy) is 1. The van der Waals surface area contributed by atoms with Gasteiger partial charge in [-0.15, -0.1) is 0 Å². The highest BCUT2D eigenvalue weighted by Gasteiger charge is 2.11. The fourth-order valence-corrected chi connectivity index (χ4v) is 3.14. The predicted octanol–water partition coefficient (Wildman–Crippen LogP) is 4.98. The third kappa shape index (κ3) is 2.14. The smallest absolute Gasteiger partial charge is 0.120 e. The largest absolute Gasteiger partial charge is 0.497 e. The van der Waals surface area contributed by atoms with E-state index < -0.39 is 0 Å². The van der Waals surface area contributed by atoms with Crippen LogP contribution < -0.4 is 4.74 Å². The quantitative estimate of drug-likeness (QED) is 0.619. The molecule has 90 valence electrons. The van der Waals surface area contributed by atoms with Crippen molar-refractivity contribution in [1.29, 1.82) is 0 Å². The van der Waals surface area contributed by atoms with Crippen LogP contribution >= 0.6 is 23.4 Å². The number of rotatable bonds is 1. The van der Waals surface area contributed by atoms with Gasteiger partial charge in [0.1, 0.15) is 5.75 Å². The average Bonchev–Trinajstić information content (AvgIpc) is 2.56. The van der Waals surface area contributed by atoms with Gasteiger partial charge in [-0.3, -0.25) is 0 Å². The molecule has 1 heterocycles. The maximum Gasteiger partial charge on any atom is 0.120 e. The Bertz CT molecular complexity index is 634. The Morgan fingerprint density at radius 3 is 2.61 bits per heavy atom. The SMILES string of the molecule is COc1ccc2c(c1)Sc1ccc(Cl)cc1C=C2. The summed E-state index contributed by atoms with van der Waals surface area (Å²) < 4.78 is 5.27. The van der Waals surface area contributed by atoms with E-state index in [0.29, 0.717) is 0 Å². The molecule has 0 atom stereocenters. The monoisotopic (exact) mass is 274 g/mol. The number of hydrogen-bond acceptors (Lipinski definition) is 2. The molecule has 0 aliphatic carbocycles. The third-order valence-electron chi connectivity index (χ3n) is 2.85. The molecule has 1 nitrogen and oxygen atoms in total. The van der Waals surface area contributed by atoms with Gasteiger partial charge in [0.05, 0.1) is 7.11 Å². The van der Waals surface area contributed by atoms with Crippen LogP contribution in [0.1, 0.15) is 11.1 Å². The summed E-state index contributed by atoms with van der Waals surface area (Å²) in [6.07, 6.45) is 4.22. The van der Waals surface area contributed by atoms with E-state index in [9.17, 15) is 0 Å². The zero-order valence-electron chi connectivity index (χ0n) is 9.81. The minimum atomic E-state index is 0.766. The highest BCUT2D eigenvalue weighted by molar-refractivity contribution is 7.99. The molecule has 1 aliphatic rings. The molecule has 1 aliphatic heterocycles. The van der Waals surface area contributed by atoms with Gasteiger partial charge in [-0.2, -0.15) is 0 Å². The van der Waals surface area contributed by atoms with Crippen LogP contribution in [-0.2, 0) is 0 Å². The Balaban J connectivity index is 2.11. The van der Waals surface area contributed by atoms with Crippen LogP contribution in [0.3, 0.4) is 0 Å². The normalized spacial score (nSPS) is 12.6. The second-order valence-corrected chi connectivity index (χ2v) is 5.54. The first-order valence-corrected chi connectivity index (χ1v) is 6.79. The van der Waals surface area contributed by atoms with E-state index in [1.807, 2.05) is 18.2 Å². The van der Waals surface area contributed by atoms with Gasteiger partial charge in [0.15, 0.2) is 0 Å². The Morgan fingerprint density at radius 1 is 0.944 bits per heavy atom. The van der Waals surface area contributed by atoms with Crippen LogP contribution in [0.4, 0.5) is 0 Å². The lowest BCUT2D eigenvalue weighted by Crippen LogP contribution is -1.85. The zero-order valence-corrected chi connectivity index (χ0v) is 11.4. The van der Waals surface area contributed by atoms with Gasteiger partial charge in [0.25, 0.3) is 0 Å². The van der Waals surface area contributed by atoms with Gasteiger partial charge in [0.2, 0.25) is 0 Å². The zero-order chi connectivity index (χ0) is 12.5. The van der Waals surface area contributed by atoms with Gasteiger partial charge in [0, 0.05) is 14.8 Å². The number of fused-ring (bicyclic) bond motifs is 2. The fraction of sp³-hybridized carbons (Fsp3) is 0.0667. The molecule has 2 aromatic carbocycles. The summed E-state index contributed by atoms with van der Waals surface area (Å²) in [6.45, 7) is 0. The molecule has 0 radical (unpaired) electrons. The van der Waals surface area contributed by atoms with Crippen LogP contribution in [0.5, 0.6) is 5.75 Å². The molecular weight excluding hydrogens is 264 g/mol. The van der Waals surface area contributed by atoms with Crippen molar-refractivity contribution < 1.29 is 4.74 Å². The molecule has 0 saturated heterocycles. The number of halogens is 1. The maximum absolute atomic E-state index is 6.03. The molecule has 0 fully saturated rings. The number of benzene rings is 2. The van der Waals surface area contributed by atoms with Gasteiger partial charge in [-0.05, 0) is 41.5 Å². The summed E-state index contributed by atoms with van der Waals surface area (Å²) in [5.41, 5.74) is 2.36. The average molecular weight is 275 g/mol. The van der Waals surface area contributed by atoms with Crippen molar-refractivity contribution in [3.8, 4) is 5.75 Å². The Hall–Kier alpha value is -1.38. The first-order chi connectivity index (χ1) is 8.76. The van der Waals surface area contributed by atoms with Crippen molar-refractivity contribution >= 4 is 35.5 Å². The van der Waals surface area contributed by atoms with Crippen molar-refractivity contribution in [2.45, 2.75) is 9.79 Å². The highest BCUT2D eigenvalue weighted by atomic mass is 35.5. The molecule has 0 saturated carbocycles. The molecule has 0 unspecified atom stereocenters. The molecule has 3 heteroatoms. The molecule has 0 amide bonds.